The molecule has 2 nitrogen and oxygen atoms in total. The van der Waals surface area contributed by atoms with E-state index in [4.69, 9.17) is 8.85 Å². The van der Waals surface area contributed by atoms with Gasteiger partial charge in [0.05, 0.1) is 0 Å². The average molecular weight is 250 g/mol. The van der Waals surface area contributed by atoms with Gasteiger partial charge in [0.2, 0.25) is 0 Å². The first kappa shape index (κ1) is 15.5. The lowest BCUT2D eigenvalue weighted by Gasteiger charge is -2.14. The molecule has 0 atom stereocenters. The van der Waals surface area contributed by atoms with E-state index in [0.717, 1.165) is 19.0 Å². The molecule has 0 aliphatic heterocycles. The molecule has 0 amide bonds. The molecule has 0 saturated carbocycles. The van der Waals surface area contributed by atoms with Gasteiger partial charge in [0.15, 0.2) is 0 Å². The molecule has 0 aromatic rings. The van der Waals surface area contributed by atoms with Crippen LogP contribution in [0, 0.1) is 0 Å². The summed E-state index contributed by atoms with van der Waals surface area (Å²) < 4.78 is 11.2. The van der Waals surface area contributed by atoms with Crippen LogP contribution in [-0.4, -0.2) is 28.3 Å². The van der Waals surface area contributed by atoms with Crippen molar-refractivity contribution in [2.45, 2.75) is 52.0 Å². The van der Waals surface area contributed by atoms with Crippen LogP contribution >= 0.6 is 12.6 Å². The Balaban J connectivity index is 3.28. The van der Waals surface area contributed by atoms with Crippen molar-refractivity contribution in [3.63, 3.8) is 0 Å². The molecule has 0 bridgehead atoms. The minimum atomic E-state index is -1.31. The Morgan fingerprint density at radius 1 is 0.867 bits per heavy atom. The first-order valence-corrected chi connectivity index (χ1v) is 8.58. The molecule has 92 valence electrons. The third kappa shape index (κ3) is 10.8. The predicted molar refractivity (Wildman–Crippen MR) is 72.1 cm³/mol. The molecule has 15 heavy (non-hydrogen) atoms. The van der Waals surface area contributed by atoms with E-state index in [-0.39, 0.29) is 0 Å². The van der Waals surface area contributed by atoms with Crippen LogP contribution in [0.3, 0.4) is 0 Å². The molecule has 0 spiro atoms. The molecule has 0 N–H and O–H groups in total. The molecule has 0 saturated heterocycles. The summed E-state index contributed by atoms with van der Waals surface area (Å²) in [5, 5.41) is 0. The molecule has 0 aromatic carbocycles. The Morgan fingerprint density at radius 2 is 1.40 bits per heavy atom. The van der Waals surface area contributed by atoms with Crippen molar-refractivity contribution in [3.05, 3.63) is 0 Å². The second kappa shape index (κ2) is 12.6. The van der Waals surface area contributed by atoms with Gasteiger partial charge < -0.3 is 8.85 Å². The summed E-state index contributed by atoms with van der Waals surface area (Å²) in [6.07, 6.45) is 6.49. The minimum absolute atomic E-state index is 0.802. The minimum Gasteiger partial charge on any atom is -0.397 e. The summed E-state index contributed by atoms with van der Waals surface area (Å²) in [6.45, 7) is 5.70. The Bertz CT molecular complexity index is 119. The summed E-state index contributed by atoms with van der Waals surface area (Å²) in [7, 11) is -1.31. The first-order chi connectivity index (χ1) is 7.35. The van der Waals surface area contributed by atoms with Crippen LogP contribution in [0.2, 0.25) is 6.04 Å². The maximum Gasteiger partial charge on any atom is 0.321 e. The Hall–Kier alpha value is 0.487. The maximum absolute atomic E-state index is 5.61. The van der Waals surface area contributed by atoms with Gasteiger partial charge in [-0.05, 0) is 32.1 Å². The number of hydrogen-bond acceptors (Lipinski definition) is 3. The molecule has 0 heterocycles. The van der Waals surface area contributed by atoms with Crippen LogP contribution < -0.4 is 0 Å². The van der Waals surface area contributed by atoms with E-state index >= 15 is 0 Å². The average Bonchev–Trinajstić information content (AvgIpc) is 2.24. The van der Waals surface area contributed by atoms with Gasteiger partial charge in [-0.3, -0.25) is 0 Å². The summed E-state index contributed by atoms with van der Waals surface area (Å²) in [5.74, 6) is 1.02. The van der Waals surface area contributed by atoms with Crippen molar-refractivity contribution >= 4 is 21.9 Å². The third-order valence-electron chi connectivity index (χ3n) is 2.30. The smallest absolute Gasteiger partial charge is 0.321 e. The standard InChI is InChI=1S/C11H26O2SSi/c1-3-12-15(13-4-2)11-9-7-5-6-8-10-14/h14-15H,3-11H2,1-2H3. The van der Waals surface area contributed by atoms with Gasteiger partial charge in [-0.1, -0.05) is 25.7 Å². The lowest BCUT2D eigenvalue weighted by Crippen LogP contribution is -2.22. The van der Waals surface area contributed by atoms with Crippen LogP contribution in [-0.2, 0) is 8.85 Å². The maximum atomic E-state index is 5.61. The fourth-order valence-corrected chi connectivity index (χ4v) is 3.56. The van der Waals surface area contributed by atoms with Gasteiger partial charge in [0.1, 0.15) is 0 Å². The van der Waals surface area contributed by atoms with Crippen LogP contribution in [0.4, 0.5) is 0 Å². The summed E-state index contributed by atoms with van der Waals surface area (Å²) in [4.78, 5) is 0. The number of thiol groups is 1. The fraction of sp³-hybridized carbons (Fsp3) is 1.00. The number of hydrogen-bond donors (Lipinski definition) is 1. The van der Waals surface area contributed by atoms with Crippen LogP contribution in [0.15, 0.2) is 0 Å². The van der Waals surface area contributed by atoms with E-state index in [2.05, 4.69) is 12.6 Å². The lowest BCUT2D eigenvalue weighted by molar-refractivity contribution is 0.212. The molecule has 0 aliphatic rings. The van der Waals surface area contributed by atoms with Gasteiger partial charge in [-0.15, -0.1) is 0 Å². The van der Waals surface area contributed by atoms with E-state index in [1.54, 1.807) is 0 Å². The normalized spacial score (nSPS) is 11.2. The Morgan fingerprint density at radius 3 is 1.93 bits per heavy atom. The number of rotatable bonds is 11. The van der Waals surface area contributed by atoms with Crippen molar-refractivity contribution in [2.75, 3.05) is 19.0 Å². The highest BCUT2D eigenvalue weighted by Crippen LogP contribution is 2.09. The van der Waals surface area contributed by atoms with E-state index in [1.807, 2.05) is 13.8 Å². The second-order valence-corrected chi connectivity index (χ2v) is 6.17. The SMILES string of the molecule is CCO[SiH](CCCCCCCS)OCC. The van der Waals surface area contributed by atoms with Gasteiger partial charge in [0, 0.05) is 13.2 Å². The van der Waals surface area contributed by atoms with Crippen molar-refractivity contribution < 1.29 is 8.85 Å². The number of unbranched alkanes of at least 4 members (excludes halogenated alkanes) is 4. The fourth-order valence-electron chi connectivity index (χ4n) is 1.54. The first-order valence-electron chi connectivity index (χ1n) is 6.19. The molecular formula is C11H26O2SSi. The Kier molecular flexibility index (Phi) is 13.0. The summed E-state index contributed by atoms with van der Waals surface area (Å²) in [5.41, 5.74) is 0. The van der Waals surface area contributed by atoms with Gasteiger partial charge >= 0.3 is 9.28 Å². The molecule has 0 aromatic heterocycles. The topological polar surface area (TPSA) is 18.5 Å². The zero-order chi connectivity index (χ0) is 11.4. The Labute approximate surface area is 102 Å². The van der Waals surface area contributed by atoms with Crippen LogP contribution in [0.25, 0.3) is 0 Å². The van der Waals surface area contributed by atoms with Crippen molar-refractivity contribution in [1.29, 1.82) is 0 Å². The highest BCUT2D eigenvalue weighted by molar-refractivity contribution is 7.80. The van der Waals surface area contributed by atoms with Crippen LogP contribution in [0.5, 0.6) is 0 Å². The van der Waals surface area contributed by atoms with Crippen molar-refractivity contribution in [2.24, 2.45) is 0 Å². The van der Waals surface area contributed by atoms with Crippen molar-refractivity contribution in [1.82, 2.24) is 0 Å². The van der Waals surface area contributed by atoms with Crippen molar-refractivity contribution in [3.8, 4) is 0 Å². The quantitative estimate of drug-likeness (QED) is 0.345. The molecule has 0 aliphatic carbocycles. The summed E-state index contributed by atoms with van der Waals surface area (Å²) in [6, 6.07) is 1.17. The zero-order valence-corrected chi connectivity index (χ0v) is 12.3. The zero-order valence-electron chi connectivity index (χ0n) is 10.2. The second-order valence-electron chi connectivity index (χ2n) is 3.62. The monoisotopic (exact) mass is 250 g/mol. The molecular weight excluding hydrogens is 224 g/mol. The van der Waals surface area contributed by atoms with Gasteiger partial charge in [-0.25, -0.2) is 0 Å². The molecule has 0 rings (SSSR count). The van der Waals surface area contributed by atoms with E-state index < -0.39 is 9.28 Å². The lowest BCUT2D eigenvalue weighted by atomic mass is 10.2. The van der Waals surface area contributed by atoms with Gasteiger partial charge in [-0.2, -0.15) is 12.6 Å². The highest BCUT2D eigenvalue weighted by atomic mass is 32.1. The van der Waals surface area contributed by atoms with E-state index in [0.29, 0.717) is 0 Å². The molecule has 4 heteroatoms. The molecule has 0 fully saturated rings. The molecule has 0 radical (unpaired) electrons. The third-order valence-corrected chi connectivity index (χ3v) is 4.91. The highest BCUT2D eigenvalue weighted by Gasteiger charge is 2.10. The summed E-state index contributed by atoms with van der Waals surface area (Å²) >= 11 is 4.20. The largest absolute Gasteiger partial charge is 0.397 e. The predicted octanol–water partition coefficient (Wildman–Crippen LogP) is 3.16. The van der Waals surface area contributed by atoms with E-state index in [1.165, 1.54) is 38.1 Å². The molecule has 0 unspecified atom stereocenters. The van der Waals surface area contributed by atoms with Gasteiger partial charge in [0.25, 0.3) is 0 Å². The van der Waals surface area contributed by atoms with Crippen LogP contribution in [0.1, 0.15) is 46.0 Å². The van der Waals surface area contributed by atoms with E-state index in [9.17, 15) is 0 Å².